The fraction of sp³-hybridized carbons (Fsp3) is 0.591. The minimum absolute atomic E-state index is 0.0347. The van der Waals surface area contributed by atoms with E-state index in [1.165, 1.54) is 12.8 Å². The molecule has 2 aromatic heterocycles. The first-order valence-electron chi connectivity index (χ1n) is 11.5. The number of nitrogens with one attached hydrogen (secondary N) is 2. The van der Waals surface area contributed by atoms with Crippen molar-refractivity contribution in [3.8, 4) is 0 Å². The van der Waals surface area contributed by atoms with Gasteiger partial charge >= 0.3 is 18.1 Å². The summed E-state index contributed by atoms with van der Waals surface area (Å²) in [5, 5.41) is 23.0. The molecule has 2 aromatic rings. The van der Waals surface area contributed by atoms with E-state index in [-0.39, 0.29) is 23.8 Å². The number of alkyl halides is 3. The quantitative estimate of drug-likeness (QED) is 0.314. The number of nitrogens with two attached hydrogens (primary N) is 1. The number of carboxylic acid groups (broad SMARTS) is 2. The van der Waals surface area contributed by atoms with Crippen LogP contribution in [0.2, 0.25) is 0 Å². The van der Waals surface area contributed by atoms with Gasteiger partial charge in [0.15, 0.2) is 17.0 Å². The molecule has 198 valence electrons. The number of nitrogens with zero attached hydrogens (tertiary/aromatic N) is 4. The number of aliphatic carboxylic acids is 2. The standard InChI is InChI=1S/C20H29N7O2.C2HF3O2/c1-11(2)15(19(28)29)22-9-13-5-6-14(7-13)27-10-24-16-17(23-8-12-3-4-12)25-20(21)26-18(16)27;3-2(4,5)1(6)7/h5-6,10-15,22H,3-4,7-9H2,1-2H3,(H,28,29)(H3,21,23,25,26);(H,6,7)/t13?,14?,15-;/m0./s1. The minimum atomic E-state index is -5.08. The van der Waals surface area contributed by atoms with Crippen LogP contribution in [0, 0.1) is 17.8 Å². The second-order valence-corrected chi connectivity index (χ2v) is 9.30. The third-order valence-corrected chi connectivity index (χ3v) is 5.98. The molecule has 4 rings (SSSR count). The number of hydrogen-bond acceptors (Lipinski definition) is 8. The van der Waals surface area contributed by atoms with Crippen molar-refractivity contribution < 1.29 is 33.0 Å². The second-order valence-electron chi connectivity index (χ2n) is 9.30. The van der Waals surface area contributed by atoms with Gasteiger partial charge in [-0.1, -0.05) is 26.0 Å². The molecule has 0 amide bonds. The number of carbonyl (C=O) groups is 2. The smallest absolute Gasteiger partial charge is 0.480 e. The van der Waals surface area contributed by atoms with Crippen LogP contribution in [0.1, 0.15) is 39.2 Å². The maximum Gasteiger partial charge on any atom is 0.490 e. The lowest BCUT2D eigenvalue weighted by Crippen LogP contribution is -2.42. The van der Waals surface area contributed by atoms with Crippen LogP contribution in [0.3, 0.4) is 0 Å². The van der Waals surface area contributed by atoms with Gasteiger partial charge in [0, 0.05) is 13.1 Å². The van der Waals surface area contributed by atoms with Gasteiger partial charge in [-0.3, -0.25) is 4.79 Å². The lowest BCUT2D eigenvalue weighted by molar-refractivity contribution is -0.192. The fourth-order valence-electron chi connectivity index (χ4n) is 3.86. The third kappa shape index (κ3) is 7.06. The Balaban J connectivity index is 0.000000454. The molecule has 11 nitrogen and oxygen atoms in total. The predicted molar refractivity (Wildman–Crippen MR) is 125 cm³/mol. The van der Waals surface area contributed by atoms with Gasteiger partial charge in [0.2, 0.25) is 5.95 Å². The highest BCUT2D eigenvalue weighted by molar-refractivity contribution is 5.84. The van der Waals surface area contributed by atoms with E-state index < -0.39 is 24.2 Å². The van der Waals surface area contributed by atoms with Gasteiger partial charge in [-0.05, 0) is 37.0 Å². The summed E-state index contributed by atoms with van der Waals surface area (Å²) in [7, 11) is 0. The zero-order chi connectivity index (χ0) is 26.6. The Morgan fingerprint density at radius 2 is 1.86 bits per heavy atom. The van der Waals surface area contributed by atoms with Crippen molar-refractivity contribution in [1.82, 2.24) is 24.8 Å². The molecule has 2 aliphatic carbocycles. The van der Waals surface area contributed by atoms with Gasteiger partial charge in [-0.2, -0.15) is 23.1 Å². The van der Waals surface area contributed by atoms with Crippen LogP contribution in [0.5, 0.6) is 0 Å². The van der Waals surface area contributed by atoms with Gasteiger partial charge < -0.3 is 31.1 Å². The molecule has 0 bridgehead atoms. The summed E-state index contributed by atoms with van der Waals surface area (Å²) in [6, 6.07) is -0.427. The van der Waals surface area contributed by atoms with E-state index in [1.54, 1.807) is 6.33 Å². The van der Waals surface area contributed by atoms with Crippen molar-refractivity contribution in [2.45, 2.75) is 51.4 Å². The Morgan fingerprint density at radius 1 is 1.19 bits per heavy atom. The van der Waals surface area contributed by atoms with E-state index in [9.17, 15) is 23.1 Å². The van der Waals surface area contributed by atoms with Crippen molar-refractivity contribution in [3.63, 3.8) is 0 Å². The first-order chi connectivity index (χ1) is 16.9. The third-order valence-electron chi connectivity index (χ3n) is 5.98. The van der Waals surface area contributed by atoms with Crippen molar-refractivity contribution in [2.75, 3.05) is 24.1 Å². The van der Waals surface area contributed by atoms with E-state index in [4.69, 9.17) is 15.6 Å². The van der Waals surface area contributed by atoms with Gasteiger partial charge in [0.05, 0.1) is 12.4 Å². The average molecular weight is 514 g/mol. The van der Waals surface area contributed by atoms with E-state index in [0.29, 0.717) is 12.4 Å². The molecule has 0 saturated heterocycles. The number of rotatable bonds is 9. The van der Waals surface area contributed by atoms with Crippen LogP contribution >= 0.6 is 0 Å². The largest absolute Gasteiger partial charge is 0.490 e. The highest BCUT2D eigenvalue weighted by atomic mass is 19.4. The molecule has 0 aliphatic heterocycles. The number of allylic oxidation sites excluding steroid dienone is 1. The number of nitrogen functional groups attached to an aromatic ring is 1. The maximum absolute atomic E-state index is 11.4. The molecule has 1 fully saturated rings. The lowest BCUT2D eigenvalue weighted by atomic mass is 10.0. The Hall–Kier alpha value is -3.42. The number of hydrogen-bond donors (Lipinski definition) is 5. The normalized spacial score (nSPS) is 20.3. The molecule has 3 atom stereocenters. The molecular formula is C22H30F3N7O4. The Labute approximate surface area is 205 Å². The molecule has 2 aliphatic rings. The zero-order valence-electron chi connectivity index (χ0n) is 19.9. The van der Waals surface area contributed by atoms with E-state index in [0.717, 1.165) is 30.0 Å². The van der Waals surface area contributed by atoms with E-state index >= 15 is 0 Å². The molecule has 1 saturated carbocycles. The van der Waals surface area contributed by atoms with E-state index in [2.05, 4.69) is 37.7 Å². The number of carboxylic acids is 2. The number of fused-ring (bicyclic) bond motifs is 1. The van der Waals surface area contributed by atoms with Crippen molar-refractivity contribution >= 4 is 34.9 Å². The SMILES string of the molecule is CC(C)[C@H](NCC1C=CC(n2cnc3c(NCC4CC4)nc(N)nc32)C1)C(=O)O.O=C(O)C(F)(F)F. The van der Waals surface area contributed by atoms with Crippen LogP contribution in [-0.2, 0) is 9.59 Å². The van der Waals surface area contributed by atoms with Crippen LogP contribution in [0.4, 0.5) is 24.9 Å². The molecule has 0 aromatic carbocycles. The number of aromatic nitrogens is 4. The van der Waals surface area contributed by atoms with Crippen LogP contribution in [0.15, 0.2) is 18.5 Å². The molecular weight excluding hydrogens is 483 g/mol. The summed E-state index contributed by atoms with van der Waals surface area (Å²) in [5.74, 6) is -1.63. The monoisotopic (exact) mass is 513 g/mol. The zero-order valence-corrected chi connectivity index (χ0v) is 19.9. The molecule has 2 unspecified atom stereocenters. The number of halogens is 3. The minimum Gasteiger partial charge on any atom is -0.480 e. The highest BCUT2D eigenvalue weighted by Crippen LogP contribution is 2.33. The number of anilines is 2. The lowest BCUT2D eigenvalue weighted by Gasteiger charge is -2.20. The molecule has 14 heteroatoms. The van der Waals surface area contributed by atoms with Gasteiger partial charge in [-0.25, -0.2) is 9.78 Å². The second kappa shape index (κ2) is 11.1. The molecule has 0 spiro atoms. The summed E-state index contributed by atoms with van der Waals surface area (Å²) in [6.07, 6.45) is 4.35. The van der Waals surface area contributed by atoms with Crippen LogP contribution in [-0.4, -0.2) is 67.0 Å². The van der Waals surface area contributed by atoms with Crippen molar-refractivity contribution in [2.24, 2.45) is 17.8 Å². The van der Waals surface area contributed by atoms with E-state index in [1.807, 2.05) is 18.4 Å². The topological polar surface area (TPSA) is 168 Å². The number of imidazole rings is 1. The Morgan fingerprint density at radius 3 is 2.42 bits per heavy atom. The summed E-state index contributed by atoms with van der Waals surface area (Å²) in [4.78, 5) is 33.6. The fourth-order valence-corrected chi connectivity index (χ4v) is 3.86. The first kappa shape index (κ1) is 27.2. The highest BCUT2D eigenvalue weighted by Gasteiger charge is 2.38. The van der Waals surface area contributed by atoms with Crippen molar-refractivity contribution in [3.05, 3.63) is 18.5 Å². The van der Waals surface area contributed by atoms with Gasteiger partial charge in [0.1, 0.15) is 6.04 Å². The summed E-state index contributed by atoms with van der Waals surface area (Å²) < 4.78 is 33.8. The average Bonchev–Trinajstić information content (AvgIpc) is 3.32. The van der Waals surface area contributed by atoms with Gasteiger partial charge in [-0.15, -0.1) is 0 Å². The first-order valence-corrected chi connectivity index (χ1v) is 11.5. The molecule has 2 heterocycles. The van der Waals surface area contributed by atoms with Crippen molar-refractivity contribution in [1.29, 1.82) is 0 Å². The molecule has 36 heavy (non-hydrogen) atoms. The predicted octanol–water partition coefficient (Wildman–Crippen LogP) is 2.68. The van der Waals surface area contributed by atoms with Crippen LogP contribution in [0.25, 0.3) is 11.2 Å². The van der Waals surface area contributed by atoms with Gasteiger partial charge in [0.25, 0.3) is 0 Å². The Bertz CT molecular complexity index is 1110. The summed E-state index contributed by atoms with van der Waals surface area (Å²) in [5.41, 5.74) is 7.41. The van der Waals surface area contributed by atoms with Crippen LogP contribution < -0.4 is 16.4 Å². The maximum atomic E-state index is 11.4. The molecule has 6 N–H and O–H groups in total. The summed E-state index contributed by atoms with van der Waals surface area (Å²) >= 11 is 0. The summed E-state index contributed by atoms with van der Waals surface area (Å²) in [6.45, 7) is 5.33. The Kier molecular flexibility index (Phi) is 8.38. The molecule has 0 radical (unpaired) electrons.